The monoisotopic (exact) mass is 502 g/mol. The van der Waals surface area contributed by atoms with Gasteiger partial charge in [0.25, 0.3) is 0 Å². The number of nitrogens with zero attached hydrogens (tertiary/aromatic N) is 1. The van der Waals surface area contributed by atoms with Gasteiger partial charge in [0.15, 0.2) is 5.96 Å². The average molecular weight is 503 g/mol. The highest BCUT2D eigenvalue weighted by atomic mass is 35.5. The van der Waals surface area contributed by atoms with Gasteiger partial charge in [-0.3, -0.25) is 4.99 Å². The lowest BCUT2D eigenvalue weighted by atomic mass is 9.98. The van der Waals surface area contributed by atoms with E-state index in [1.807, 2.05) is 50.2 Å². The summed E-state index contributed by atoms with van der Waals surface area (Å²) in [6, 6.07) is 15.2. The van der Waals surface area contributed by atoms with Gasteiger partial charge in [0.05, 0.1) is 0 Å². The normalized spacial score (nSPS) is 12.4. The number of amides is 1. The Labute approximate surface area is 213 Å². The van der Waals surface area contributed by atoms with Crippen LogP contribution >= 0.6 is 12.4 Å². The van der Waals surface area contributed by atoms with Gasteiger partial charge in [0.2, 0.25) is 0 Å². The molecular formula is C26H35ClN4O4. The maximum Gasteiger partial charge on any atom is 0.407 e. The molecule has 4 N–H and O–H groups in total. The molecule has 9 heteroatoms. The molecule has 1 atom stereocenters. The number of aliphatic imine (C=N–C) groups is 1. The number of carbonyl (C=O) groups is 2. The molecule has 8 nitrogen and oxygen atoms in total. The van der Waals surface area contributed by atoms with Gasteiger partial charge in [-0.05, 0) is 55.4 Å². The van der Waals surface area contributed by atoms with Gasteiger partial charge in [0.1, 0.15) is 12.6 Å². The van der Waals surface area contributed by atoms with Crippen LogP contribution in [0.4, 0.5) is 4.79 Å². The first-order chi connectivity index (χ1) is 16.5. The molecule has 0 aliphatic heterocycles. The number of alkyl carbamates (subject to hydrolysis) is 1. The number of nitrogens with one attached hydrogen (secondary N) is 3. The smallest absolute Gasteiger partial charge is 0.407 e. The summed E-state index contributed by atoms with van der Waals surface area (Å²) in [5, 5.41) is 18.3. The summed E-state index contributed by atoms with van der Waals surface area (Å²) in [5.74, 6) is -0.392. The molecule has 0 aromatic heterocycles. The van der Waals surface area contributed by atoms with Crippen molar-refractivity contribution in [2.75, 3.05) is 26.2 Å². The molecule has 190 valence electrons. The average Bonchev–Trinajstić information content (AvgIpc) is 3.15. The van der Waals surface area contributed by atoms with Gasteiger partial charge >= 0.3 is 12.1 Å². The van der Waals surface area contributed by atoms with Gasteiger partial charge in [-0.15, -0.1) is 12.4 Å². The van der Waals surface area contributed by atoms with Crippen molar-refractivity contribution >= 4 is 30.4 Å². The first-order valence-corrected chi connectivity index (χ1v) is 11.9. The minimum absolute atomic E-state index is 0. The predicted molar refractivity (Wildman–Crippen MR) is 140 cm³/mol. The maximum atomic E-state index is 12.4. The Balaban J connectivity index is 0.00000432. The maximum absolute atomic E-state index is 12.4. The molecule has 0 bridgehead atoms. The second-order valence-electron chi connectivity index (χ2n) is 8.15. The number of hydrogen-bond donors (Lipinski definition) is 4. The van der Waals surface area contributed by atoms with Crippen LogP contribution in [-0.2, 0) is 9.53 Å². The Morgan fingerprint density at radius 2 is 1.54 bits per heavy atom. The summed E-state index contributed by atoms with van der Waals surface area (Å²) in [6.45, 7) is 6.28. The lowest BCUT2D eigenvalue weighted by Crippen LogP contribution is -2.41. The first kappa shape index (κ1) is 28.0. The fourth-order valence-electron chi connectivity index (χ4n) is 4.20. The first-order valence-electron chi connectivity index (χ1n) is 11.9. The van der Waals surface area contributed by atoms with Crippen molar-refractivity contribution < 1.29 is 19.4 Å². The second-order valence-corrected chi connectivity index (χ2v) is 8.15. The van der Waals surface area contributed by atoms with E-state index in [2.05, 4.69) is 33.1 Å². The van der Waals surface area contributed by atoms with Crippen LogP contribution < -0.4 is 16.0 Å². The SMILES string of the molecule is CCNC(=NCCCCC(NC(=O)OCC1c2ccccc2-c2ccccc21)C(=O)O)NCC.Cl. The van der Waals surface area contributed by atoms with E-state index in [9.17, 15) is 14.7 Å². The molecule has 0 spiro atoms. The van der Waals surface area contributed by atoms with Crippen LogP contribution in [-0.4, -0.2) is 55.4 Å². The van der Waals surface area contributed by atoms with E-state index in [4.69, 9.17) is 4.74 Å². The number of guanidine groups is 1. The Morgan fingerprint density at radius 3 is 2.09 bits per heavy atom. The number of carbonyl (C=O) groups excluding carboxylic acids is 1. The van der Waals surface area contributed by atoms with Gasteiger partial charge in [0, 0.05) is 25.6 Å². The zero-order chi connectivity index (χ0) is 24.3. The van der Waals surface area contributed by atoms with Gasteiger partial charge in [-0.25, -0.2) is 9.59 Å². The molecule has 1 aliphatic carbocycles. The summed E-state index contributed by atoms with van der Waals surface area (Å²) in [6.07, 6.45) is 0.938. The number of carboxylic acids is 1. The lowest BCUT2D eigenvalue weighted by Gasteiger charge is -2.17. The van der Waals surface area contributed by atoms with Crippen LogP contribution in [0.15, 0.2) is 53.5 Å². The molecule has 1 aliphatic rings. The summed E-state index contributed by atoms with van der Waals surface area (Å²) in [4.78, 5) is 28.5. The van der Waals surface area contributed by atoms with E-state index in [1.54, 1.807) is 0 Å². The minimum atomic E-state index is -1.07. The molecule has 35 heavy (non-hydrogen) atoms. The van der Waals surface area contributed by atoms with Crippen molar-refractivity contribution in [2.45, 2.75) is 45.1 Å². The highest BCUT2D eigenvalue weighted by Crippen LogP contribution is 2.44. The number of unbranched alkanes of at least 4 members (excludes halogenated alkanes) is 1. The van der Waals surface area contributed by atoms with Gasteiger partial charge in [-0.2, -0.15) is 0 Å². The molecule has 0 radical (unpaired) electrons. The summed E-state index contributed by atoms with van der Waals surface area (Å²) >= 11 is 0. The summed E-state index contributed by atoms with van der Waals surface area (Å²) < 4.78 is 5.48. The van der Waals surface area contributed by atoms with Gasteiger partial charge in [-0.1, -0.05) is 48.5 Å². The van der Waals surface area contributed by atoms with Crippen LogP contribution in [0.2, 0.25) is 0 Å². The fourth-order valence-corrected chi connectivity index (χ4v) is 4.20. The third-order valence-corrected chi connectivity index (χ3v) is 5.79. The zero-order valence-corrected chi connectivity index (χ0v) is 21.1. The number of fused-ring (bicyclic) bond motifs is 3. The molecular weight excluding hydrogens is 468 g/mol. The number of hydrogen-bond acceptors (Lipinski definition) is 4. The van der Waals surface area contributed by atoms with E-state index >= 15 is 0 Å². The Kier molecular flexibility index (Phi) is 11.4. The second kappa shape index (κ2) is 14.2. The molecule has 0 fully saturated rings. The Bertz CT molecular complexity index is 961. The standard InChI is InChI=1S/C26H34N4O4.ClH/c1-3-27-25(28-4-2)29-16-10-9-15-23(24(31)32)30-26(33)34-17-22-20-13-7-5-11-18(20)19-12-6-8-14-21(19)22;/h5-8,11-14,22-23H,3-4,9-10,15-17H2,1-2H3,(H,30,33)(H,31,32)(H2,27,28,29);1H. The van der Waals surface area contributed by atoms with Crippen molar-refractivity contribution in [1.29, 1.82) is 0 Å². The highest BCUT2D eigenvalue weighted by Gasteiger charge is 2.29. The number of halogens is 1. The van der Waals surface area contributed by atoms with Crippen molar-refractivity contribution in [2.24, 2.45) is 4.99 Å². The highest BCUT2D eigenvalue weighted by molar-refractivity contribution is 5.85. The quantitative estimate of drug-likeness (QED) is 0.209. The Hall–Kier alpha value is -3.26. The lowest BCUT2D eigenvalue weighted by molar-refractivity contribution is -0.139. The molecule has 0 heterocycles. The molecule has 1 amide bonds. The summed E-state index contributed by atoms with van der Waals surface area (Å²) in [5.41, 5.74) is 4.51. The third kappa shape index (κ3) is 7.62. The van der Waals surface area contributed by atoms with E-state index in [0.717, 1.165) is 47.7 Å². The third-order valence-electron chi connectivity index (χ3n) is 5.79. The number of rotatable bonds is 11. The van der Waals surface area contributed by atoms with Crippen LogP contribution in [0.1, 0.15) is 50.2 Å². The van der Waals surface area contributed by atoms with E-state index in [1.165, 1.54) is 0 Å². The number of aliphatic carboxylic acids is 1. The topological polar surface area (TPSA) is 112 Å². The van der Waals surface area contributed by atoms with Crippen LogP contribution in [0.3, 0.4) is 0 Å². The fraction of sp³-hybridized carbons (Fsp3) is 0.423. The molecule has 0 saturated heterocycles. The van der Waals surface area contributed by atoms with Crippen molar-refractivity contribution in [3.05, 3.63) is 59.7 Å². The van der Waals surface area contributed by atoms with Crippen LogP contribution in [0.5, 0.6) is 0 Å². The molecule has 3 rings (SSSR count). The molecule has 0 saturated carbocycles. The molecule has 1 unspecified atom stereocenters. The zero-order valence-electron chi connectivity index (χ0n) is 20.3. The van der Waals surface area contributed by atoms with E-state index in [0.29, 0.717) is 19.4 Å². The predicted octanol–water partition coefficient (Wildman–Crippen LogP) is 4.15. The Morgan fingerprint density at radius 1 is 0.971 bits per heavy atom. The van der Waals surface area contributed by atoms with Crippen molar-refractivity contribution in [3.63, 3.8) is 0 Å². The number of benzene rings is 2. The van der Waals surface area contributed by atoms with E-state index in [-0.39, 0.29) is 24.9 Å². The van der Waals surface area contributed by atoms with Crippen LogP contribution in [0.25, 0.3) is 11.1 Å². The molecule has 2 aromatic carbocycles. The van der Waals surface area contributed by atoms with Crippen LogP contribution in [0, 0.1) is 0 Å². The number of carboxylic acid groups (broad SMARTS) is 1. The van der Waals surface area contributed by atoms with Crippen molar-refractivity contribution in [3.8, 4) is 11.1 Å². The summed E-state index contributed by atoms with van der Waals surface area (Å²) in [7, 11) is 0. The van der Waals surface area contributed by atoms with E-state index < -0.39 is 18.1 Å². The largest absolute Gasteiger partial charge is 0.480 e. The number of ether oxygens (including phenoxy) is 1. The molecule has 2 aromatic rings. The van der Waals surface area contributed by atoms with Gasteiger partial charge < -0.3 is 25.8 Å². The van der Waals surface area contributed by atoms with Crippen molar-refractivity contribution in [1.82, 2.24) is 16.0 Å². The minimum Gasteiger partial charge on any atom is -0.480 e.